The summed E-state index contributed by atoms with van der Waals surface area (Å²) in [6, 6.07) is 5.32. The number of rotatable bonds is 1. The number of aryl methyl sites for hydroxylation is 1. The first-order valence-corrected chi connectivity index (χ1v) is 4.69. The van der Waals surface area contributed by atoms with Gasteiger partial charge in [-0.25, -0.2) is 4.79 Å². The number of carbonyl (C=O) groups is 1. The summed E-state index contributed by atoms with van der Waals surface area (Å²) in [5, 5.41) is 5.88. The predicted molar refractivity (Wildman–Crippen MR) is 56.5 cm³/mol. The minimum absolute atomic E-state index is 0.522. The Hall–Kier alpha value is -1.71. The predicted octanol–water partition coefficient (Wildman–Crippen LogP) is 1.54. The molecule has 2 amide bonds. The average Bonchev–Trinajstić information content (AvgIpc) is 2.18. The van der Waals surface area contributed by atoms with Crippen molar-refractivity contribution in [2.24, 2.45) is 5.73 Å². The van der Waals surface area contributed by atoms with E-state index in [1.165, 1.54) is 5.56 Å². The Morgan fingerprint density at radius 1 is 1.50 bits per heavy atom. The molecule has 14 heavy (non-hydrogen) atoms. The van der Waals surface area contributed by atoms with E-state index in [2.05, 4.69) is 16.7 Å². The normalized spacial score (nSPS) is 14.0. The lowest BCUT2D eigenvalue weighted by Gasteiger charge is -2.20. The van der Waals surface area contributed by atoms with Crippen molar-refractivity contribution in [3.63, 3.8) is 0 Å². The molecule has 4 N–H and O–H groups in total. The SMILES string of the molecule is NC(=O)Nc1cccc2c1NCCC2. The number of carbonyl (C=O) groups excluding carboxylic acids is 1. The van der Waals surface area contributed by atoms with E-state index in [1.807, 2.05) is 12.1 Å². The van der Waals surface area contributed by atoms with Gasteiger partial charge in [0.25, 0.3) is 0 Å². The molecule has 74 valence electrons. The number of para-hydroxylation sites is 1. The number of nitrogens with two attached hydrogens (primary N) is 1. The minimum Gasteiger partial charge on any atom is -0.383 e. The highest BCUT2D eigenvalue weighted by Gasteiger charge is 2.12. The van der Waals surface area contributed by atoms with Crippen molar-refractivity contribution in [2.75, 3.05) is 17.2 Å². The second-order valence-electron chi connectivity index (χ2n) is 3.36. The monoisotopic (exact) mass is 191 g/mol. The van der Waals surface area contributed by atoms with Crippen molar-refractivity contribution in [1.82, 2.24) is 0 Å². The molecule has 1 aromatic carbocycles. The number of amides is 2. The van der Waals surface area contributed by atoms with Crippen LogP contribution in [0.3, 0.4) is 0 Å². The van der Waals surface area contributed by atoms with Crippen LogP contribution in [-0.2, 0) is 6.42 Å². The summed E-state index contributed by atoms with van der Waals surface area (Å²) >= 11 is 0. The molecular formula is C10H13N3O. The summed E-state index contributed by atoms with van der Waals surface area (Å²) in [4.78, 5) is 10.7. The number of benzene rings is 1. The van der Waals surface area contributed by atoms with Crippen LogP contribution in [0.15, 0.2) is 18.2 Å². The number of nitrogens with one attached hydrogen (secondary N) is 2. The first-order chi connectivity index (χ1) is 6.77. The number of primary amides is 1. The topological polar surface area (TPSA) is 67.2 Å². The zero-order valence-electron chi connectivity index (χ0n) is 7.84. The second kappa shape index (κ2) is 3.57. The molecule has 0 unspecified atom stereocenters. The van der Waals surface area contributed by atoms with Gasteiger partial charge < -0.3 is 16.4 Å². The van der Waals surface area contributed by atoms with E-state index in [1.54, 1.807) is 0 Å². The van der Waals surface area contributed by atoms with E-state index in [-0.39, 0.29) is 0 Å². The Bertz CT molecular complexity index is 362. The van der Waals surface area contributed by atoms with Crippen molar-refractivity contribution in [3.05, 3.63) is 23.8 Å². The molecule has 0 bridgehead atoms. The van der Waals surface area contributed by atoms with Crippen LogP contribution in [0.1, 0.15) is 12.0 Å². The third kappa shape index (κ3) is 1.64. The zero-order chi connectivity index (χ0) is 9.97. The van der Waals surface area contributed by atoms with Gasteiger partial charge in [-0.15, -0.1) is 0 Å². The molecule has 2 rings (SSSR count). The average molecular weight is 191 g/mol. The van der Waals surface area contributed by atoms with Gasteiger partial charge in [0.15, 0.2) is 0 Å². The maximum Gasteiger partial charge on any atom is 0.316 e. The second-order valence-corrected chi connectivity index (χ2v) is 3.36. The third-order valence-corrected chi connectivity index (χ3v) is 2.33. The van der Waals surface area contributed by atoms with Gasteiger partial charge in [-0.1, -0.05) is 12.1 Å². The van der Waals surface area contributed by atoms with Crippen LogP contribution in [0.25, 0.3) is 0 Å². The van der Waals surface area contributed by atoms with Gasteiger partial charge in [0, 0.05) is 6.54 Å². The molecule has 0 aliphatic carbocycles. The van der Waals surface area contributed by atoms with Crippen LogP contribution < -0.4 is 16.4 Å². The molecule has 4 heteroatoms. The Morgan fingerprint density at radius 2 is 2.36 bits per heavy atom. The highest BCUT2D eigenvalue weighted by Crippen LogP contribution is 2.29. The van der Waals surface area contributed by atoms with Gasteiger partial charge >= 0.3 is 6.03 Å². The van der Waals surface area contributed by atoms with Crippen molar-refractivity contribution >= 4 is 17.4 Å². The maximum atomic E-state index is 10.7. The van der Waals surface area contributed by atoms with Gasteiger partial charge in [-0.05, 0) is 24.5 Å². The standard InChI is InChI=1S/C10H13N3O/c11-10(14)13-8-5-1-3-7-4-2-6-12-9(7)8/h1,3,5,12H,2,4,6H2,(H3,11,13,14). The number of hydrogen-bond donors (Lipinski definition) is 3. The quantitative estimate of drug-likeness (QED) is 0.630. The molecule has 4 nitrogen and oxygen atoms in total. The van der Waals surface area contributed by atoms with Crippen LogP contribution in [0.4, 0.5) is 16.2 Å². The molecule has 0 saturated heterocycles. The number of anilines is 2. The molecule has 0 aromatic heterocycles. The van der Waals surface area contributed by atoms with Crippen molar-refractivity contribution in [3.8, 4) is 0 Å². The lowest BCUT2D eigenvalue weighted by atomic mass is 10.0. The fourth-order valence-electron chi connectivity index (χ4n) is 1.75. The van der Waals surface area contributed by atoms with E-state index in [0.29, 0.717) is 0 Å². The Kier molecular flexibility index (Phi) is 2.26. The molecule has 1 aliphatic heterocycles. The number of urea groups is 1. The van der Waals surface area contributed by atoms with Crippen LogP contribution in [0, 0.1) is 0 Å². The highest BCUT2D eigenvalue weighted by molar-refractivity contribution is 5.92. The van der Waals surface area contributed by atoms with E-state index >= 15 is 0 Å². The molecule has 0 radical (unpaired) electrons. The van der Waals surface area contributed by atoms with E-state index < -0.39 is 6.03 Å². The summed E-state index contributed by atoms with van der Waals surface area (Å²) in [6.45, 7) is 0.949. The van der Waals surface area contributed by atoms with E-state index in [4.69, 9.17) is 5.73 Å². The minimum atomic E-state index is -0.522. The number of fused-ring (bicyclic) bond motifs is 1. The fraction of sp³-hybridized carbons (Fsp3) is 0.300. The fourth-order valence-corrected chi connectivity index (χ4v) is 1.75. The highest BCUT2D eigenvalue weighted by atomic mass is 16.2. The Morgan fingerprint density at radius 3 is 3.14 bits per heavy atom. The molecule has 0 spiro atoms. The van der Waals surface area contributed by atoms with Crippen LogP contribution in [-0.4, -0.2) is 12.6 Å². The van der Waals surface area contributed by atoms with Gasteiger partial charge in [-0.2, -0.15) is 0 Å². The summed E-state index contributed by atoms with van der Waals surface area (Å²) in [6.07, 6.45) is 2.18. The van der Waals surface area contributed by atoms with Gasteiger partial charge in [0.05, 0.1) is 11.4 Å². The van der Waals surface area contributed by atoms with Gasteiger partial charge in [0.1, 0.15) is 0 Å². The smallest absolute Gasteiger partial charge is 0.316 e. The summed E-state index contributed by atoms with van der Waals surface area (Å²) in [5.74, 6) is 0. The molecule has 0 saturated carbocycles. The first kappa shape index (κ1) is 8.87. The maximum absolute atomic E-state index is 10.7. The molecular weight excluding hydrogens is 178 g/mol. The molecule has 1 aliphatic rings. The van der Waals surface area contributed by atoms with Crippen molar-refractivity contribution in [1.29, 1.82) is 0 Å². The van der Waals surface area contributed by atoms with Crippen molar-refractivity contribution < 1.29 is 4.79 Å². The van der Waals surface area contributed by atoms with E-state index in [0.717, 1.165) is 30.8 Å². The first-order valence-electron chi connectivity index (χ1n) is 4.69. The Labute approximate surface area is 82.5 Å². The number of hydrogen-bond acceptors (Lipinski definition) is 2. The summed E-state index contributed by atoms with van der Waals surface area (Å²) in [7, 11) is 0. The van der Waals surface area contributed by atoms with Crippen LogP contribution in [0.5, 0.6) is 0 Å². The van der Waals surface area contributed by atoms with Gasteiger partial charge in [-0.3, -0.25) is 0 Å². The third-order valence-electron chi connectivity index (χ3n) is 2.33. The zero-order valence-corrected chi connectivity index (χ0v) is 7.84. The molecule has 0 fully saturated rings. The van der Waals surface area contributed by atoms with Crippen LogP contribution in [0.2, 0.25) is 0 Å². The molecule has 1 aromatic rings. The van der Waals surface area contributed by atoms with E-state index in [9.17, 15) is 4.79 Å². The summed E-state index contributed by atoms with van der Waals surface area (Å²) < 4.78 is 0. The lowest BCUT2D eigenvalue weighted by molar-refractivity contribution is 0.259. The summed E-state index contributed by atoms with van der Waals surface area (Å²) in [5.41, 5.74) is 8.10. The van der Waals surface area contributed by atoms with Crippen LogP contribution >= 0.6 is 0 Å². The Balaban J connectivity index is 2.35. The lowest BCUT2D eigenvalue weighted by Crippen LogP contribution is -2.22. The van der Waals surface area contributed by atoms with Crippen molar-refractivity contribution in [2.45, 2.75) is 12.8 Å². The largest absolute Gasteiger partial charge is 0.383 e. The van der Waals surface area contributed by atoms with Gasteiger partial charge in [0.2, 0.25) is 0 Å². The molecule has 1 heterocycles. The molecule has 0 atom stereocenters.